The Morgan fingerprint density at radius 2 is 1.86 bits per heavy atom. The van der Waals surface area contributed by atoms with Crippen LogP contribution in [-0.4, -0.2) is 26.1 Å². The number of aromatic nitrogens is 4. The highest BCUT2D eigenvalue weighted by Gasteiger charge is 2.34. The number of nitrogens with two attached hydrogens (primary N) is 2. The van der Waals surface area contributed by atoms with Gasteiger partial charge in [-0.2, -0.15) is 15.2 Å². The summed E-state index contributed by atoms with van der Waals surface area (Å²) in [7, 11) is 0. The highest BCUT2D eigenvalue weighted by Crippen LogP contribution is 2.38. The van der Waals surface area contributed by atoms with Crippen molar-refractivity contribution in [3.8, 4) is 11.8 Å². The van der Waals surface area contributed by atoms with Crippen LogP contribution in [-0.2, 0) is 0 Å². The molecule has 0 aliphatic carbocycles. The first-order chi connectivity index (χ1) is 17.2. The quantitative estimate of drug-likeness (QED) is 0.426. The molecular formula is C24H19ClF2N8O. The van der Waals surface area contributed by atoms with Crippen molar-refractivity contribution in [2.24, 2.45) is 0 Å². The summed E-state index contributed by atoms with van der Waals surface area (Å²) in [6.07, 6.45) is 1.16. The van der Waals surface area contributed by atoms with Crippen molar-refractivity contribution >= 4 is 40.1 Å². The summed E-state index contributed by atoms with van der Waals surface area (Å²) in [5.74, 6) is -1.51. The smallest absolute Gasteiger partial charge is 0.267 e. The number of halogens is 3. The van der Waals surface area contributed by atoms with Crippen LogP contribution in [0.2, 0.25) is 5.02 Å². The Hall–Kier alpha value is -4.30. The molecule has 1 unspecified atom stereocenters. The highest BCUT2D eigenvalue weighted by atomic mass is 35.5. The summed E-state index contributed by atoms with van der Waals surface area (Å²) in [5, 5.41) is 10.00. The predicted octanol–water partition coefficient (Wildman–Crippen LogP) is 3.79. The minimum Gasteiger partial charge on any atom is -0.382 e. The van der Waals surface area contributed by atoms with Gasteiger partial charge in [-0.3, -0.25) is 9.36 Å². The molecule has 3 heterocycles. The van der Waals surface area contributed by atoms with Gasteiger partial charge in [-0.05, 0) is 43.5 Å². The van der Waals surface area contributed by atoms with Crippen molar-refractivity contribution < 1.29 is 8.78 Å². The normalized spacial score (nSPS) is 15.4. The average Bonchev–Trinajstić information content (AvgIpc) is 3.29. The molecule has 2 aromatic carbocycles. The number of anilines is 3. The Balaban J connectivity index is 1.84. The van der Waals surface area contributed by atoms with Gasteiger partial charge < -0.3 is 16.4 Å². The van der Waals surface area contributed by atoms with Gasteiger partial charge in [0, 0.05) is 12.6 Å². The number of fused-ring (bicyclic) bond motifs is 1. The van der Waals surface area contributed by atoms with Gasteiger partial charge in [0.05, 0.1) is 27.7 Å². The van der Waals surface area contributed by atoms with E-state index in [-0.39, 0.29) is 45.1 Å². The molecule has 1 saturated heterocycles. The molecule has 1 atom stereocenters. The molecule has 182 valence electrons. The van der Waals surface area contributed by atoms with E-state index in [4.69, 9.17) is 28.1 Å². The third kappa shape index (κ3) is 3.76. The molecule has 0 saturated carbocycles. The van der Waals surface area contributed by atoms with Crippen molar-refractivity contribution in [2.75, 3.05) is 22.9 Å². The Bertz CT molecular complexity index is 1630. The summed E-state index contributed by atoms with van der Waals surface area (Å²) in [6, 6.07) is 7.52. The second-order valence-corrected chi connectivity index (χ2v) is 8.86. The van der Waals surface area contributed by atoms with E-state index >= 15 is 0 Å². The van der Waals surface area contributed by atoms with Gasteiger partial charge in [-0.1, -0.05) is 17.7 Å². The van der Waals surface area contributed by atoms with Crippen LogP contribution in [0.5, 0.6) is 0 Å². The first-order valence-corrected chi connectivity index (χ1v) is 11.4. The summed E-state index contributed by atoms with van der Waals surface area (Å²) < 4.78 is 29.7. The molecular weight excluding hydrogens is 490 g/mol. The number of nitrogen functional groups attached to an aromatic ring is 2. The number of hydrogen-bond donors (Lipinski definition) is 2. The van der Waals surface area contributed by atoms with Crippen molar-refractivity contribution in [2.45, 2.75) is 25.8 Å². The van der Waals surface area contributed by atoms with Crippen LogP contribution in [0.15, 0.2) is 35.1 Å². The number of aryl methyl sites for hydroxylation is 1. The van der Waals surface area contributed by atoms with Gasteiger partial charge in [0.2, 0.25) is 5.95 Å². The standard InChI is InChI=1S/C24H19ClF2N8O/c1-11-4-5-16(25)18-19(11)31-22(35(23(18)36)14-8-12(26)7-13(27)9-14)17-3-2-6-34(17)21-15(10-28)20(29)32-24(30)33-21/h4-5,7-9,17H,2-3,6H2,1H3,(H4,29,30,32,33). The van der Waals surface area contributed by atoms with Crippen LogP contribution in [0.3, 0.4) is 0 Å². The highest BCUT2D eigenvalue weighted by molar-refractivity contribution is 6.35. The molecule has 36 heavy (non-hydrogen) atoms. The molecule has 1 fully saturated rings. The van der Waals surface area contributed by atoms with E-state index in [0.717, 1.165) is 16.7 Å². The van der Waals surface area contributed by atoms with Crippen LogP contribution >= 0.6 is 11.6 Å². The zero-order valence-electron chi connectivity index (χ0n) is 19.0. The first kappa shape index (κ1) is 23.4. The van der Waals surface area contributed by atoms with Crippen LogP contribution < -0.4 is 21.9 Å². The lowest BCUT2D eigenvalue weighted by atomic mass is 10.1. The molecule has 1 aliphatic rings. The van der Waals surface area contributed by atoms with Crippen LogP contribution in [0.25, 0.3) is 16.6 Å². The van der Waals surface area contributed by atoms with Crippen molar-refractivity contribution in [1.29, 1.82) is 5.26 Å². The largest absolute Gasteiger partial charge is 0.382 e. The van der Waals surface area contributed by atoms with E-state index in [2.05, 4.69) is 9.97 Å². The maximum absolute atomic E-state index is 14.2. The second-order valence-electron chi connectivity index (χ2n) is 8.45. The van der Waals surface area contributed by atoms with Gasteiger partial charge in [0.25, 0.3) is 5.56 Å². The molecule has 0 bridgehead atoms. The van der Waals surface area contributed by atoms with Crippen LogP contribution in [0, 0.1) is 29.9 Å². The summed E-state index contributed by atoms with van der Waals surface area (Å²) in [6.45, 7) is 2.22. The van der Waals surface area contributed by atoms with Gasteiger partial charge in [0.15, 0.2) is 5.82 Å². The summed E-state index contributed by atoms with van der Waals surface area (Å²) >= 11 is 6.37. The number of nitrogens with zero attached hydrogens (tertiary/aromatic N) is 6. The monoisotopic (exact) mass is 508 g/mol. The minimum atomic E-state index is -0.857. The van der Waals surface area contributed by atoms with Crippen LogP contribution in [0.4, 0.5) is 26.4 Å². The fourth-order valence-electron chi connectivity index (χ4n) is 4.63. The second kappa shape index (κ2) is 8.73. The lowest BCUT2D eigenvalue weighted by Crippen LogP contribution is -2.33. The van der Waals surface area contributed by atoms with E-state index in [1.54, 1.807) is 24.0 Å². The van der Waals surface area contributed by atoms with E-state index in [1.807, 2.05) is 6.07 Å². The minimum absolute atomic E-state index is 0.0295. The van der Waals surface area contributed by atoms with Gasteiger partial charge in [-0.25, -0.2) is 13.8 Å². The zero-order chi connectivity index (χ0) is 25.7. The lowest BCUT2D eigenvalue weighted by molar-refractivity contribution is 0.577. The number of nitriles is 1. The average molecular weight is 509 g/mol. The molecule has 0 amide bonds. The summed E-state index contributed by atoms with van der Waals surface area (Å²) in [4.78, 5) is 28.5. The molecule has 12 heteroatoms. The predicted molar refractivity (Wildman–Crippen MR) is 132 cm³/mol. The van der Waals surface area contributed by atoms with Gasteiger partial charge in [0.1, 0.15) is 34.9 Å². The zero-order valence-corrected chi connectivity index (χ0v) is 19.7. The molecule has 0 radical (unpaired) electrons. The first-order valence-electron chi connectivity index (χ1n) is 11.0. The van der Waals surface area contributed by atoms with Gasteiger partial charge >= 0.3 is 0 Å². The topological polar surface area (TPSA) is 140 Å². The van der Waals surface area contributed by atoms with Crippen molar-refractivity contribution in [1.82, 2.24) is 19.5 Å². The fourth-order valence-corrected chi connectivity index (χ4v) is 4.86. The number of hydrogen-bond acceptors (Lipinski definition) is 8. The van der Waals surface area contributed by atoms with Crippen LogP contribution in [0.1, 0.15) is 35.8 Å². The molecule has 9 nitrogen and oxygen atoms in total. The maximum Gasteiger partial charge on any atom is 0.267 e. The molecule has 5 rings (SSSR count). The number of benzene rings is 2. The molecule has 4 aromatic rings. The SMILES string of the molecule is Cc1ccc(Cl)c2c(=O)n(-c3cc(F)cc(F)c3)c(C3CCCN3c3nc(N)nc(N)c3C#N)nc12. The Morgan fingerprint density at radius 3 is 2.56 bits per heavy atom. The van der Waals surface area contributed by atoms with E-state index in [9.17, 15) is 18.8 Å². The van der Waals surface area contributed by atoms with E-state index < -0.39 is 23.2 Å². The number of rotatable bonds is 3. The lowest BCUT2D eigenvalue weighted by Gasteiger charge is -2.28. The molecule has 4 N–H and O–H groups in total. The Kier molecular flexibility index (Phi) is 5.68. The fraction of sp³-hybridized carbons (Fsp3) is 0.208. The van der Waals surface area contributed by atoms with Gasteiger partial charge in [-0.15, -0.1) is 0 Å². The Morgan fingerprint density at radius 1 is 1.14 bits per heavy atom. The van der Waals surface area contributed by atoms with Crippen molar-refractivity contribution in [3.63, 3.8) is 0 Å². The third-order valence-electron chi connectivity index (χ3n) is 6.18. The summed E-state index contributed by atoms with van der Waals surface area (Å²) in [5.41, 5.74) is 12.2. The maximum atomic E-state index is 14.2. The van der Waals surface area contributed by atoms with E-state index in [0.29, 0.717) is 36.5 Å². The van der Waals surface area contributed by atoms with Crippen molar-refractivity contribution in [3.05, 3.63) is 74.3 Å². The Labute approximate surface area is 208 Å². The third-order valence-corrected chi connectivity index (χ3v) is 6.49. The molecule has 0 spiro atoms. The van der Waals surface area contributed by atoms with E-state index in [1.165, 1.54) is 0 Å². The molecule has 1 aliphatic heterocycles. The molecule has 2 aromatic heterocycles.